The van der Waals surface area contributed by atoms with Crippen molar-refractivity contribution in [1.82, 2.24) is 9.88 Å². The molecule has 1 aromatic rings. The number of piperidine rings is 1. The van der Waals surface area contributed by atoms with Crippen LogP contribution in [0.25, 0.3) is 0 Å². The van der Waals surface area contributed by atoms with Crippen molar-refractivity contribution in [2.45, 2.75) is 32.4 Å². The number of halogens is 2. The monoisotopic (exact) mass is 291 g/mol. The van der Waals surface area contributed by atoms with Crippen molar-refractivity contribution in [2.24, 2.45) is 11.7 Å². The van der Waals surface area contributed by atoms with Gasteiger partial charge in [-0.05, 0) is 30.9 Å². The fraction of sp³-hybridized carbons (Fsp3) is 0.615. The highest BCUT2D eigenvalue weighted by molar-refractivity contribution is 5.85. The molecule has 1 saturated heterocycles. The van der Waals surface area contributed by atoms with Crippen molar-refractivity contribution in [2.75, 3.05) is 13.1 Å². The standard InChI is InChI=1S/C13H21N3.2ClH/c1-10-9-16(7-5-13(10)14)11(2)12-4-3-6-15-8-12;;/h3-4,6,8,10-11,13H,5,7,9,14H2,1-2H3;2*1H. The number of rotatable bonds is 2. The van der Waals surface area contributed by atoms with E-state index in [9.17, 15) is 0 Å². The summed E-state index contributed by atoms with van der Waals surface area (Å²) >= 11 is 0. The molecule has 0 radical (unpaired) electrons. The lowest BCUT2D eigenvalue weighted by molar-refractivity contribution is 0.124. The Morgan fingerprint density at radius 2 is 2.17 bits per heavy atom. The Balaban J connectivity index is 0.00000144. The number of aromatic nitrogens is 1. The third-order valence-electron chi connectivity index (χ3n) is 3.72. The number of nitrogens with two attached hydrogens (primary N) is 1. The summed E-state index contributed by atoms with van der Waals surface area (Å²) in [5.41, 5.74) is 7.34. The number of nitrogens with zero attached hydrogens (tertiary/aromatic N) is 2. The molecule has 1 fully saturated rings. The molecule has 3 unspecified atom stereocenters. The van der Waals surface area contributed by atoms with Gasteiger partial charge in [0.05, 0.1) is 0 Å². The van der Waals surface area contributed by atoms with Gasteiger partial charge in [0.15, 0.2) is 0 Å². The number of hydrogen-bond donors (Lipinski definition) is 1. The van der Waals surface area contributed by atoms with E-state index in [0.29, 0.717) is 18.0 Å². The van der Waals surface area contributed by atoms with Gasteiger partial charge in [0, 0.05) is 37.6 Å². The van der Waals surface area contributed by atoms with Crippen LogP contribution < -0.4 is 5.73 Å². The minimum Gasteiger partial charge on any atom is -0.327 e. The highest BCUT2D eigenvalue weighted by atomic mass is 35.5. The van der Waals surface area contributed by atoms with Crippen LogP contribution in [0.5, 0.6) is 0 Å². The van der Waals surface area contributed by atoms with Crippen LogP contribution in [0.4, 0.5) is 0 Å². The van der Waals surface area contributed by atoms with Crippen LogP contribution in [0.3, 0.4) is 0 Å². The van der Waals surface area contributed by atoms with Gasteiger partial charge < -0.3 is 5.73 Å². The summed E-state index contributed by atoms with van der Waals surface area (Å²) in [5.74, 6) is 0.591. The summed E-state index contributed by atoms with van der Waals surface area (Å²) in [5, 5.41) is 0. The lowest BCUT2D eigenvalue weighted by atomic mass is 9.93. The van der Waals surface area contributed by atoms with Crippen LogP contribution in [0.2, 0.25) is 0 Å². The Morgan fingerprint density at radius 1 is 1.44 bits per heavy atom. The van der Waals surface area contributed by atoms with E-state index in [4.69, 9.17) is 5.73 Å². The van der Waals surface area contributed by atoms with Crippen molar-refractivity contribution in [3.05, 3.63) is 30.1 Å². The first-order valence-corrected chi connectivity index (χ1v) is 6.08. The van der Waals surface area contributed by atoms with E-state index in [2.05, 4.69) is 29.8 Å². The van der Waals surface area contributed by atoms with Gasteiger partial charge in [-0.1, -0.05) is 13.0 Å². The second-order valence-corrected chi connectivity index (χ2v) is 4.89. The van der Waals surface area contributed by atoms with Crippen LogP contribution in [0.1, 0.15) is 31.9 Å². The zero-order valence-corrected chi connectivity index (χ0v) is 12.6. The van der Waals surface area contributed by atoms with Crippen molar-refractivity contribution in [1.29, 1.82) is 0 Å². The van der Waals surface area contributed by atoms with E-state index in [1.165, 1.54) is 5.56 Å². The minimum absolute atomic E-state index is 0. The highest BCUT2D eigenvalue weighted by Crippen LogP contribution is 2.25. The highest BCUT2D eigenvalue weighted by Gasteiger charge is 2.26. The average Bonchev–Trinajstić information content (AvgIpc) is 2.33. The third kappa shape index (κ3) is 4.09. The molecule has 0 aromatic carbocycles. The molecule has 2 heterocycles. The van der Waals surface area contributed by atoms with Crippen LogP contribution in [-0.4, -0.2) is 29.0 Å². The number of pyridine rings is 1. The van der Waals surface area contributed by atoms with E-state index >= 15 is 0 Å². The minimum atomic E-state index is 0. The first-order chi connectivity index (χ1) is 7.68. The molecule has 0 spiro atoms. The van der Waals surface area contributed by atoms with E-state index in [-0.39, 0.29) is 24.8 Å². The van der Waals surface area contributed by atoms with Crippen molar-refractivity contribution in [3.8, 4) is 0 Å². The van der Waals surface area contributed by atoms with Gasteiger partial charge in [0.2, 0.25) is 0 Å². The van der Waals surface area contributed by atoms with E-state index in [1.807, 2.05) is 18.5 Å². The first kappa shape index (κ1) is 17.6. The predicted octanol–water partition coefficient (Wildman–Crippen LogP) is 2.66. The molecule has 2 N–H and O–H groups in total. The van der Waals surface area contributed by atoms with Gasteiger partial charge in [-0.25, -0.2) is 0 Å². The summed E-state index contributed by atoms with van der Waals surface area (Å²) in [6, 6.07) is 4.97. The van der Waals surface area contributed by atoms with Crippen LogP contribution in [0.15, 0.2) is 24.5 Å². The SMILES string of the molecule is CC1CN(C(C)c2cccnc2)CCC1N.Cl.Cl. The van der Waals surface area contributed by atoms with Crippen LogP contribution in [0, 0.1) is 5.92 Å². The number of likely N-dealkylation sites (tertiary alicyclic amines) is 1. The maximum absolute atomic E-state index is 6.04. The Hall–Kier alpha value is -0.350. The van der Waals surface area contributed by atoms with Gasteiger partial charge in [0.1, 0.15) is 0 Å². The van der Waals surface area contributed by atoms with E-state index in [1.54, 1.807) is 0 Å². The third-order valence-corrected chi connectivity index (χ3v) is 3.72. The smallest absolute Gasteiger partial charge is 0.0335 e. The van der Waals surface area contributed by atoms with Gasteiger partial charge in [-0.15, -0.1) is 24.8 Å². The molecule has 1 aliphatic heterocycles. The summed E-state index contributed by atoms with van der Waals surface area (Å²) in [6.45, 7) is 6.69. The van der Waals surface area contributed by atoms with Crippen molar-refractivity contribution >= 4 is 24.8 Å². The number of hydrogen-bond acceptors (Lipinski definition) is 3. The summed E-state index contributed by atoms with van der Waals surface area (Å²) < 4.78 is 0. The Morgan fingerprint density at radius 3 is 2.72 bits per heavy atom. The Kier molecular flexibility index (Phi) is 7.79. The average molecular weight is 292 g/mol. The molecule has 3 atom stereocenters. The fourth-order valence-corrected chi connectivity index (χ4v) is 2.38. The van der Waals surface area contributed by atoms with E-state index in [0.717, 1.165) is 19.5 Å². The van der Waals surface area contributed by atoms with Crippen molar-refractivity contribution < 1.29 is 0 Å². The molecule has 0 amide bonds. The lowest BCUT2D eigenvalue weighted by Crippen LogP contribution is -2.46. The maximum Gasteiger partial charge on any atom is 0.0335 e. The topological polar surface area (TPSA) is 42.2 Å². The Labute approximate surface area is 122 Å². The first-order valence-electron chi connectivity index (χ1n) is 6.08. The van der Waals surface area contributed by atoms with Crippen LogP contribution in [-0.2, 0) is 0 Å². The fourth-order valence-electron chi connectivity index (χ4n) is 2.38. The van der Waals surface area contributed by atoms with Gasteiger partial charge in [-0.2, -0.15) is 0 Å². The quantitative estimate of drug-likeness (QED) is 0.911. The second kappa shape index (κ2) is 7.95. The summed E-state index contributed by atoms with van der Waals surface area (Å²) in [4.78, 5) is 6.69. The molecule has 18 heavy (non-hydrogen) atoms. The Bertz CT molecular complexity index is 334. The van der Waals surface area contributed by atoms with E-state index < -0.39 is 0 Å². The summed E-state index contributed by atoms with van der Waals surface area (Å²) in [6.07, 6.45) is 4.89. The molecule has 0 aliphatic carbocycles. The molecular weight excluding hydrogens is 269 g/mol. The lowest BCUT2D eigenvalue weighted by Gasteiger charge is -2.38. The largest absolute Gasteiger partial charge is 0.327 e. The van der Waals surface area contributed by atoms with Gasteiger partial charge in [0.25, 0.3) is 0 Å². The molecule has 2 rings (SSSR count). The molecular formula is C13H23Cl2N3. The summed E-state index contributed by atoms with van der Waals surface area (Å²) in [7, 11) is 0. The molecule has 5 heteroatoms. The zero-order chi connectivity index (χ0) is 11.5. The maximum atomic E-state index is 6.04. The molecule has 0 saturated carbocycles. The molecule has 3 nitrogen and oxygen atoms in total. The predicted molar refractivity (Wildman–Crippen MR) is 80.5 cm³/mol. The normalized spacial score (nSPS) is 25.7. The molecule has 104 valence electrons. The molecule has 1 aromatic heterocycles. The molecule has 1 aliphatic rings. The van der Waals surface area contributed by atoms with Crippen molar-refractivity contribution in [3.63, 3.8) is 0 Å². The second-order valence-electron chi connectivity index (χ2n) is 4.89. The molecule has 0 bridgehead atoms. The van der Waals surface area contributed by atoms with Crippen LogP contribution >= 0.6 is 24.8 Å². The zero-order valence-electron chi connectivity index (χ0n) is 11.0. The van der Waals surface area contributed by atoms with Gasteiger partial charge in [-0.3, -0.25) is 9.88 Å². The van der Waals surface area contributed by atoms with Gasteiger partial charge >= 0.3 is 0 Å².